The summed E-state index contributed by atoms with van der Waals surface area (Å²) in [7, 11) is 0. The number of nitrogens with one attached hydrogen (secondary N) is 1. The largest absolute Gasteiger partial charge is 0.482 e. The fourth-order valence-corrected chi connectivity index (χ4v) is 3.49. The van der Waals surface area contributed by atoms with Gasteiger partial charge in [-0.2, -0.15) is 0 Å². The topological polar surface area (TPSA) is 61.9 Å². The standard InChI is InChI=1S/C17H21ClFN3O3.ClH/c18-14-8-12(19)3-4-15(14)25-11-17(24)21-6-1-2-13(10-21)22-7-5-20-9-16(22)23;/h3-4,8,13,20H,1-2,5-7,9-11H2;1H. The number of halogens is 3. The maximum Gasteiger partial charge on any atom is 0.260 e. The summed E-state index contributed by atoms with van der Waals surface area (Å²) in [6, 6.07) is 3.85. The normalized spacial score (nSPS) is 20.5. The van der Waals surface area contributed by atoms with Gasteiger partial charge in [0.1, 0.15) is 11.6 Å². The first-order chi connectivity index (χ1) is 12.0. The molecule has 0 spiro atoms. The Bertz CT molecular complexity index is 662. The van der Waals surface area contributed by atoms with Crippen LogP contribution in [0.2, 0.25) is 5.02 Å². The van der Waals surface area contributed by atoms with Crippen molar-refractivity contribution in [2.24, 2.45) is 0 Å². The molecule has 2 fully saturated rings. The van der Waals surface area contributed by atoms with Gasteiger partial charge in [-0.25, -0.2) is 4.39 Å². The monoisotopic (exact) mass is 405 g/mol. The molecule has 0 aromatic heterocycles. The predicted molar refractivity (Wildman–Crippen MR) is 98.3 cm³/mol. The Morgan fingerprint density at radius 2 is 2.19 bits per heavy atom. The van der Waals surface area contributed by atoms with Crippen LogP contribution in [0.25, 0.3) is 0 Å². The molecule has 1 aromatic rings. The lowest BCUT2D eigenvalue weighted by molar-refractivity contribution is -0.141. The molecule has 2 aliphatic heterocycles. The molecule has 0 radical (unpaired) electrons. The van der Waals surface area contributed by atoms with Crippen LogP contribution in [0.5, 0.6) is 5.75 Å². The molecular weight excluding hydrogens is 384 g/mol. The summed E-state index contributed by atoms with van der Waals surface area (Å²) in [6.07, 6.45) is 1.76. The van der Waals surface area contributed by atoms with E-state index in [0.29, 0.717) is 26.2 Å². The Morgan fingerprint density at radius 1 is 1.38 bits per heavy atom. The van der Waals surface area contributed by atoms with Gasteiger partial charge >= 0.3 is 0 Å². The molecule has 2 amide bonds. The third-order valence-corrected chi connectivity index (χ3v) is 4.86. The van der Waals surface area contributed by atoms with Crippen LogP contribution < -0.4 is 10.1 Å². The van der Waals surface area contributed by atoms with E-state index in [9.17, 15) is 14.0 Å². The zero-order valence-electron chi connectivity index (χ0n) is 14.2. The number of piperazine rings is 1. The van der Waals surface area contributed by atoms with E-state index < -0.39 is 5.82 Å². The Kier molecular flexibility index (Phi) is 7.49. The van der Waals surface area contributed by atoms with Gasteiger partial charge in [-0.1, -0.05) is 11.6 Å². The van der Waals surface area contributed by atoms with E-state index in [2.05, 4.69) is 5.32 Å². The van der Waals surface area contributed by atoms with Gasteiger partial charge in [-0.3, -0.25) is 9.59 Å². The van der Waals surface area contributed by atoms with Crippen molar-refractivity contribution in [3.05, 3.63) is 29.0 Å². The summed E-state index contributed by atoms with van der Waals surface area (Å²) < 4.78 is 18.5. The summed E-state index contributed by atoms with van der Waals surface area (Å²) in [5.74, 6) is -0.252. The van der Waals surface area contributed by atoms with Crippen LogP contribution >= 0.6 is 24.0 Å². The highest BCUT2D eigenvalue weighted by atomic mass is 35.5. The van der Waals surface area contributed by atoms with Crippen molar-refractivity contribution < 1.29 is 18.7 Å². The lowest BCUT2D eigenvalue weighted by Crippen LogP contribution is -2.57. The minimum atomic E-state index is -0.455. The van der Waals surface area contributed by atoms with Gasteiger partial charge in [0.2, 0.25) is 5.91 Å². The Morgan fingerprint density at radius 3 is 2.92 bits per heavy atom. The van der Waals surface area contributed by atoms with Gasteiger partial charge in [0.25, 0.3) is 5.91 Å². The summed E-state index contributed by atoms with van der Waals surface area (Å²) in [4.78, 5) is 28.1. The van der Waals surface area contributed by atoms with E-state index in [0.717, 1.165) is 25.5 Å². The molecule has 144 valence electrons. The summed E-state index contributed by atoms with van der Waals surface area (Å²) in [5.41, 5.74) is 0. The molecule has 1 atom stereocenters. The second-order valence-electron chi connectivity index (χ2n) is 6.26. The molecule has 0 bridgehead atoms. The Labute approximate surface area is 163 Å². The number of benzene rings is 1. The first-order valence-corrected chi connectivity index (χ1v) is 8.78. The number of carbonyl (C=O) groups is 2. The smallest absolute Gasteiger partial charge is 0.260 e. The number of rotatable bonds is 4. The van der Waals surface area contributed by atoms with Crippen molar-refractivity contribution in [1.82, 2.24) is 15.1 Å². The fraction of sp³-hybridized carbons (Fsp3) is 0.529. The third-order valence-electron chi connectivity index (χ3n) is 4.56. The molecule has 1 N–H and O–H groups in total. The number of carbonyl (C=O) groups excluding carboxylic acids is 2. The number of hydrogen-bond acceptors (Lipinski definition) is 4. The minimum Gasteiger partial charge on any atom is -0.482 e. The number of likely N-dealkylation sites (tertiary alicyclic amines) is 1. The van der Waals surface area contributed by atoms with E-state index in [4.69, 9.17) is 16.3 Å². The average Bonchev–Trinajstić information content (AvgIpc) is 2.61. The highest BCUT2D eigenvalue weighted by Gasteiger charge is 2.31. The molecule has 3 rings (SSSR count). The second-order valence-corrected chi connectivity index (χ2v) is 6.67. The SMILES string of the molecule is Cl.O=C(COc1ccc(F)cc1Cl)N1CCCC(N2CCNCC2=O)C1. The molecule has 0 aliphatic carbocycles. The van der Waals surface area contributed by atoms with E-state index >= 15 is 0 Å². The van der Waals surface area contributed by atoms with Crippen molar-refractivity contribution in [3.63, 3.8) is 0 Å². The van der Waals surface area contributed by atoms with Gasteiger partial charge in [-0.15, -0.1) is 12.4 Å². The number of nitrogens with zero attached hydrogens (tertiary/aromatic N) is 2. The van der Waals surface area contributed by atoms with E-state index in [1.165, 1.54) is 12.1 Å². The van der Waals surface area contributed by atoms with Crippen LogP contribution in [0, 0.1) is 5.82 Å². The van der Waals surface area contributed by atoms with Crippen LogP contribution in [0.1, 0.15) is 12.8 Å². The maximum absolute atomic E-state index is 13.0. The fourth-order valence-electron chi connectivity index (χ4n) is 3.27. The van der Waals surface area contributed by atoms with Crippen molar-refractivity contribution >= 4 is 35.8 Å². The van der Waals surface area contributed by atoms with Crippen LogP contribution in [-0.4, -0.2) is 67.0 Å². The van der Waals surface area contributed by atoms with Crippen molar-refractivity contribution in [2.75, 3.05) is 39.3 Å². The maximum atomic E-state index is 13.0. The molecule has 1 unspecified atom stereocenters. The van der Waals surface area contributed by atoms with Crippen LogP contribution in [0.3, 0.4) is 0 Å². The summed E-state index contributed by atoms with van der Waals surface area (Å²) in [5, 5.41) is 3.19. The van der Waals surface area contributed by atoms with Gasteiger partial charge in [0.05, 0.1) is 11.6 Å². The molecule has 0 saturated carbocycles. The van der Waals surface area contributed by atoms with E-state index in [1.807, 2.05) is 4.90 Å². The predicted octanol–water partition coefficient (Wildman–Crippen LogP) is 1.70. The Balaban J connectivity index is 0.00000243. The first-order valence-electron chi connectivity index (χ1n) is 8.40. The van der Waals surface area contributed by atoms with Gasteiger partial charge in [0, 0.05) is 32.2 Å². The number of ether oxygens (including phenoxy) is 1. The quantitative estimate of drug-likeness (QED) is 0.827. The van der Waals surface area contributed by atoms with Crippen LogP contribution in [0.15, 0.2) is 18.2 Å². The zero-order valence-corrected chi connectivity index (χ0v) is 15.8. The highest BCUT2D eigenvalue weighted by Crippen LogP contribution is 2.25. The molecule has 2 aliphatic rings. The minimum absolute atomic E-state index is 0. The molecule has 9 heteroatoms. The van der Waals surface area contributed by atoms with Crippen molar-refractivity contribution in [1.29, 1.82) is 0 Å². The van der Waals surface area contributed by atoms with Crippen molar-refractivity contribution in [3.8, 4) is 5.75 Å². The molecule has 2 heterocycles. The van der Waals surface area contributed by atoms with Gasteiger partial charge in [-0.05, 0) is 31.0 Å². The lowest BCUT2D eigenvalue weighted by atomic mass is 10.0. The molecule has 26 heavy (non-hydrogen) atoms. The van der Waals surface area contributed by atoms with Gasteiger partial charge < -0.3 is 19.9 Å². The van der Waals surface area contributed by atoms with E-state index in [-0.39, 0.29) is 47.6 Å². The van der Waals surface area contributed by atoms with Gasteiger partial charge in [0.15, 0.2) is 6.61 Å². The summed E-state index contributed by atoms with van der Waals surface area (Å²) >= 11 is 5.90. The van der Waals surface area contributed by atoms with E-state index in [1.54, 1.807) is 4.90 Å². The van der Waals surface area contributed by atoms with Crippen molar-refractivity contribution in [2.45, 2.75) is 18.9 Å². The van der Waals surface area contributed by atoms with Crippen LogP contribution in [-0.2, 0) is 9.59 Å². The first kappa shape index (κ1) is 20.7. The molecular formula is C17H22Cl2FN3O3. The average molecular weight is 406 g/mol. The number of amides is 2. The zero-order chi connectivity index (χ0) is 17.8. The van der Waals surface area contributed by atoms with Crippen LogP contribution in [0.4, 0.5) is 4.39 Å². The lowest BCUT2D eigenvalue weighted by Gasteiger charge is -2.41. The third kappa shape index (κ3) is 4.99. The highest BCUT2D eigenvalue weighted by molar-refractivity contribution is 6.32. The molecule has 1 aromatic carbocycles. The number of hydrogen-bond donors (Lipinski definition) is 1. The summed E-state index contributed by atoms with van der Waals surface area (Å²) in [6.45, 7) is 2.82. The molecule has 2 saturated heterocycles. The Hall–Kier alpha value is -1.57. The molecule has 6 nitrogen and oxygen atoms in total. The number of piperidine rings is 1. The second kappa shape index (κ2) is 9.39.